The summed E-state index contributed by atoms with van der Waals surface area (Å²) in [6.07, 6.45) is -3.99. The van der Waals surface area contributed by atoms with Crippen molar-refractivity contribution >= 4 is 17.6 Å². The molecule has 0 saturated heterocycles. The molecule has 10 heteroatoms. The zero-order chi connectivity index (χ0) is 23.6. The van der Waals surface area contributed by atoms with Crippen molar-refractivity contribution in [2.24, 2.45) is 9.98 Å². The fourth-order valence-corrected chi connectivity index (χ4v) is 3.65. The summed E-state index contributed by atoms with van der Waals surface area (Å²) in [5, 5.41) is 0. The molecular weight excluding hydrogens is 437 g/mol. The first-order chi connectivity index (χ1) is 15.7. The van der Waals surface area contributed by atoms with E-state index in [-0.39, 0.29) is 18.2 Å². The van der Waals surface area contributed by atoms with Crippen LogP contribution < -0.4 is 9.47 Å². The third kappa shape index (κ3) is 5.44. The fourth-order valence-electron chi connectivity index (χ4n) is 3.65. The molecule has 0 aliphatic carbocycles. The van der Waals surface area contributed by atoms with E-state index in [9.17, 15) is 18.0 Å². The molecule has 0 radical (unpaired) electrons. The summed E-state index contributed by atoms with van der Waals surface area (Å²) < 4.78 is 46.9. The molecule has 0 N–H and O–H groups in total. The normalized spacial score (nSPS) is 16.3. The number of ether oxygens (including phenoxy) is 2. The zero-order valence-electron chi connectivity index (χ0n) is 18.2. The van der Waals surface area contributed by atoms with Gasteiger partial charge in [-0.15, -0.1) is 13.2 Å². The van der Waals surface area contributed by atoms with E-state index in [1.54, 1.807) is 23.1 Å². The minimum absolute atomic E-state index is 0.212. The number of carbonyl (C=O) groups is 1. The molecule has 0 atom stereocenters. The molecule has 2 aliphatic rings. The minimum Gasteiger partial charge on any atom is -0.491 e. The number of amidine groups is 2. The highest BCUT2D eigenvalue weighted by atomic mass is 19.4. The molecule has 0 unspecified atom stereocenters. The number of carbonyl (C=O) groups excluding carboxylic acids is 1. The summed E-state index contributed by atoms with van der Waals surface area (Å²) in [5.74, 6) is 1.46. The Morgan fingerprint density at radius 1 is 1.12 bits per heavy atom. The zero-order valence-corrected chi connectivity index (χ0v) is 18.2. The Hall–Kier alpha value is -3.56. The van der Waals surface area contributed by atoms with Crippen LogP contribution in [-0.2, 0) is 0 Å². The van der Waals surface area contributed by atoms with Crippen LogP contribution in [0.25, 0.3) is 11.1 Å². The predicted molar refractivity (Wildman–Crippen MR) is 118 cm³/mol. The lowest BCUT2D eigenvalue weighted by atomic mass is 10.0. The number of halogens is 3. The van der Waals surface area contributed by atoms with Crippen LogP contribution in [0.5, 0.6) is 11.5 Å². The Balaban J connectivity index is 1.56. The highest BCUT2D eigenvalue weighted by Crippen LogP contribution is 2.31. The molecule has 0 bridgehead atoms. The van der Waals surface area contributed by atoms with Crippen LogP contribution in [0.4, 0.5) is 13.2 Å². The molecule has 33 heavy (non-hydrogen) atoms. The monoisotopic (exact) mass is 460 g/mol. The molecule has 1 amide bonds. The van der Waals surface area contributed by atoms with Gasteiger partial charge in [-0.25, -0.2) is 4.99 Å². The Kier molecular flexibility index (Phi) is 6.26. The van der Waals surface area contributed by atoms with Gasteiger partial charge in [-0.2, -0.15) is 0 Å². The van der Waals surface area contributed by atoms with E-state index in [2.05, 4.69) is 14.7 Å². The van der Waals surface area contributed by atoms with E-state index in [1.165, 1.54) is 24.3 Å². The van der Waals surface area contributed by atoms with Gasteiger partial charge in [0.25, 0.3) is 5.91 Å². The lowest BCUT2D eigenvalue weighted by Gasteiger charge is -2.23. The van der Waals surface area contributed by atoms with E-state index in [4.69, 9.17) is 4.74 Å². The van der Waals surface area contributed by atoms with Crippen LogP contribution in [0, 0.1) is 0 Å². The first-order valence-corrected chi connectivity index (χ1v) is 10.4. The van der Waals surface area contributed by atoms with Crippen LogP contribution in [0.2, 0.25) is 0 Å². The summed E-state index contributed by atoms with van der Waals surface area (Å²) in [5.41, 5.74) is 1.70. The lowest BCUT2D eigenvalue weighted by Crippen LogP contribution is -2.38. The van der Waals surface area contributed by atoms with Gasteiger partial charge in [-0.3, -0.25) is 9.79 Å². The molecule has 174 valence electrons. The molecule has 0 saturated carbocycles. The molecule has 0 fully saturated rings. The molecular formula is C23H23F3N4O3. The number of aliphatic imine (C=N–C) groups is 2. The molecule has 0 spiro atoms. The maximum absolute atomic E-state index is 13.3. The van der Waals surface area contributed by atoms with Crippen molar-refractivity contribution in [2.45, 2.75) is 12.8 Å². The molecule has 7 nitrogen and oxygen atoms in total. The van der Waals surface area contributed by atoms with Crippen LogP contribution in [-0.4, -0.2) is 74.1 Å². The average molecular weight is 460 g/mol. The highest BCUT2D eigenvalue weighted by molar-refractivity contribution is 6.04. The van der Waals surface area contributed by atoms with Gasteiger partial charge in [0, 0.05) is 27.1 Å². The first-order valence-electron chi connectivity index (χ1n) is 10.4. The van der Waals surface area contributed by atoms with Gasteiger partial charge in [0.2, 0.25) is 0 Å². The van der Waals surface area contributed by atoms with Crippen molar-refractivity contribution < 1.29 is 27.4 Å². The van der Waals surface area contributed by atoms with Crippen LogP contribution in [0.15, 0.2) is 52.4 Å². The number of alkyl halides is 3. The summed E-state index contributed by atoms with van der Waals surface area (Å²) >= 11 is 0. The number of benzene rings is 2. The first kappa shape index (κ1) is 22.6. The van der Waals surface area contributed by atoms with Crippen LogP contribution in [0.1, 0.15) is 16.8 Å². The van der Waals surface area contributed by atoms with Crippen molar-refractivity contribution in [3.05, 3.63) is 48.0 Å². The summed E-state index contributed by atoms with van der Waals surface area (Å²) in [4.78, 5) is 25.9. The summed E-state index contributed by atoms with van der Waals surface area (Å²) in [6.45, 7) is 1.61. The predicted octanol–water partition coefficient (Wildman–Crippen LogP) is 3.85. The highest BCUT2D eigenvalue weighted by Gasteiger charge is 2.31. The van der Waals surface area contributed by atoms with Gasteiger partial charge in [-0.05, 0) is 35.4 Å². The van der Waals surface area contributed by atoms with Gasteiger partial charge in [-0.1, -0.05) is 18.2 Å². The summed E-state index contributed by atoms with van der Waals surface area (Å²) in [6, 6.07) is 10.6. The minimum atomic E-state index is -4.75. The third-order valence-corrected chi connectivity index (χ3v) is 5.27. The molecule has 2 aliphatic heterocycles. The average Bonchev–Trinajstić information content (AvgIpc) is 2.92. The van der Waals surface area contributed by atoms with E-state index < -0.39 is 6.36 Å². The van der Waals surface area contributed by atoms with E-state index in [1.807, 2.05) is 19.0 Å². The largest absolute Gasteiger partial charge is 0.573 e. The number of rotatable bonds is 4. The topological polar surface area (TPSA) is 66.7 Å². The fraction of sp³-hybridized carbons (Fsp3) is 0.348. The smallest absolute Gasteiger partial charge is 0.491 e. The van der Waals surface area contributed by atoms with Gasteiger partial charge < -0.3 is 19.3 Å². The third-order valence-electron chi connectivity index (χ3n) is 5.27. The number of fused-ring (bicyclic) bond motifs is 1. The number of nitrogens with zero attached hydrogens (tertiary/aromatic N) is 4. The molecule has 2 heterocycles. The number of hydrogen-bond acceptors (Lipinski definition) is 6. The van der Waals surface area contributed by atoms with E-state index >= 15 is 0 Å². The van der Waals surface area contributed by atoms with Crippen molar-refractivity contribution in [3.8, 4) is 22.6 Å². The second kappa shape index (κ2) is 9.13. The van der Waals surface area contributed by atoms with E-state index in [0.29, 0.717) is 48.0 Å². The number of amides is 1. The van der Waals surface area contributed by atoms with Crippen molar-refractivity contribution in [1.82, 2.24) is 9.80 Å². The van der Waals surface area contributed by atoms with Gasteiger partial charge in [0.1, 0.15) is 29.8 Å². The van der Waals surface area contributed by atoms with Crippen molar-refractivity contribution in [2.75, 3.05) is 40.3 Å². The molecule has 0 aromatic heterocycles. The van der Waals surface area contributed by atoms with E-state index in [0.717, 1.165) is 12.3 Å². The van der Waals surface area contributed by atoms with Crippen molar-refractivity contribution in [3.63, 3.8) is 0 Å². The number of hydrogen-bond donors (Lipinski definition) is 0. The molecule has 2 aromatic carbocycles. The Morgan fingerprint density at radius 2 is 1.85 bits per heavy atom. The van der Waals surface area contributed by atoms with Crippen LogP contribution >= 0.6 is 0 Å². The van der Waals surface area contributed by atoms with Gasteiger partial charge in [0.05, 0.1) is 18.7 Å². The summed E-state index contributed by atoms with van der Waals surface area (Å²) in [7, 11) is 3.85. The maximum Gasteiger partial charge on any atom is 0.573 e. The Morgan fingerprint density at radius 3 is 2.55 bits per heavy atom. The lowest BCUT2D eigenvalue weighted by molar-refractivity contribution is -0.274. The second-order valence-corrected chi connectivity index (χ2v) is 7.83. The Labute approximate surface area is 189 Å². The van der Waals surface area contributed by atoms with Gasteiger partial charge in [0.15, 0.2) is 0 Å². The second-order valence-electron chi connectivity index (χ2n) is 7.83. The Bertz CT molecular complexity index is 1100. The molecule has 4 rings (SSSR count). The standard InChI is InChI=1S/C23H23F3N4O3/c1-29(2)21-9-10-27-20(28-21)14-30-11-12-32-19-8-5-16(13-18(19)22(30)31)15-3-6-17(7-4-15)33-23(24,25)26/h3-8,13H,9-12,14H2,1-2H3. The van der Waals surface area contributed by atoms with Gasteiger partial charge >= 0.3 is 6.36 Å². The van der Waals surface area contributed by atoms with Crippen molar-refractivity contribution in [1.29, 1.82) is 0 Å². The van der Waals surface area contributed by atoms with Crippen LogP contribution in [0.3, 0.4) is 0 Å². The maximum atomic E-state index is 13.3. The quantitative estimate of drug-likeness (QED) is 0.695. The SMILES string of the molecule is CN(C)C1=NC(CN2CCOc3ccc(-c4ccc(OC(F)(F)F)cc4)cc3C2=O)=NCC1. The molecule has 2 aromatic rings.